The second-order valence-electron chi connectivity index (χ2n) is 3.52. The summed E-state index contributed by atoms with van der Waals surface area (Å²) in [6.07, 6.45) is 0. The second kappa shape index (κ2) is 4.64. The standard InChI is InChI=1S/C12H14O3/c1-8-4-9(2)6-11(5-8)15-7-10(3)12(13)14/h4-6H,3,7H2,1-2H3,(H,13,14). The number of hydrogen-bond donors (Lipinski definition) is 1. The summed E-state index contributed by atoms with van der Waals surface area (Å²) in [7, 11) is 0. The first-order valence-electron chi connectivity index (χ1n) is 4.61. The lowest BCUT2D eigenvalue weighted by atomic mass is 10.1. The fourth-order valence-corrected chi connectivity index (χ4v) is 1.25. The highest BCUT2D eigenvalue weighted by Crippen LogP contribution is 2.16. The van der Waals surface area contributed by atoms with Crippen LogP contribution in [0.5, 0.6) is 5.75 Å². The van der Waals surface area contributed by atoms with Crippen LogP contribution in [-0.4, -0.2) is 17.7 Å². The van der Waals surface area contributed by atoms with Crippen LogP contribution in [0.3, 0.4) is 0 Å². The summed E-state index contributed by atoms with van der Waals surface area (Å²) in [6, 6.07) is 5.75. The highest BCUT2D eigenvalue weighted by molar-refractivity contribution is 5.86. The summed E-state index contributed by atoms with van der Waals surface area (Å²) in [5.74, 6) is -0.353. The van der Waals surface area contributed by atoms with Crippen molar-refractivity contribution in [3.63, 3.8) is 0 Å². The normalized spacial score (nSPS) is 9.73. The van der Waals surface area contributed by atoms with Crippen molar-refractivity contribution in [2.45, 2.75) is 13.8 Å². The SMILES string of the molecule is C=C(COc1cc(C)cc(C)c1)C(=O)O. The van der Waals surface area contributed by atoms with E-state index in [0.29, 0.717) is 5.75 Å². The van der Waals surface area contributed by atoms with Gasteiger partial charge >= 0.3 is 5.97 Å². The van der Waals surface area contributed by atoms with Gasteiger partial charge in [0.15, 0.2) is 0 Å². The summed E-state index contributed by atoms with van der Waals surface area (Å²) in [4.78, 5) is 10.5. The molecule has 0 fully saturated rings. The van der Waals surface area contributed by atoms with Gasteiger partial charge in [0, 0.05) is 0 Å². The van der Waals surface area contributed by atoms with E-state index >= 15 is 0 Å². The van der Waals surface area contributed by atoms with Gasteiger partial charge in [0.25, 0.3) is 0 Å². The molecule has 0 atom stereocenters. The van der Waals surface area contributed by atoms with E-state index in [-0.39, 0.29) is 12.2 Å². The number of carboxylic acid groups (broad SMARTS) is 1. The number of aliphatic carboxylic acids is 1. The molecule has 0 saturated heterocycles. The maximum Gasteiger partial charge on any atom is 0.334 e. The van der Waals surface area contributed by atoms with Crippen LogP contribution >= 0.6 is 0 Å². The van der Waals surface area contributed by atoms with Crippen molar-refractivity contribution in [1.82, 2.24) is 0 Å². The van der Waals surface area contributed by atoms with E-state index in [1.807, 2.05) is 32.0 Å². The molecule has 15 heavy (non-hydrogen) atoms. The van der Waals surface area contributed by atoms with Gasteiger partial charge in [0.1, 0.15) is 12.4 Å². The molecule has 1 aromatic carbocycles. The largest absolute Gasteiger partial charge is 0.489 e. The van der Waals surface area contributed by atoms with E-state index in [4.69, 9.17) is 9.84 Å². The minimum atomic E-state index is -1.03. The number of hydrogen-bond acceptors (Lipinski definition) is 2. The van der Waals surface area contributed by atoms with Crippen molar-refractivity contribution in [3.8, 4) is 5.75 Å². The molecule has 0 heterocycles. The maximum atomic E-state index is 10.5. The van der Waals surface area contributed by atoms with E-state index in [1.165, 1.54) is 0 Å². The Morgan fingerprint density at radius 2 is 1.87 bits per heavy atom. The van der Waals surface area contributed by atoms with Crippen LogP contribution in [0.15, 0.2) is 30.4 Å². The summed E-state index contributed by atoms with van der Waals surface area (Å²) in [5, 5.41) is 8.59. The molecule has 0 bridgehead atoms. The molecule has 1 N–H and O–H groups in total. The molecule has 1 rings (SSSR count). The number of rotatable bonds is 4. The van der Waals surface area contributed by atoms with E-state index in [1.54, 1.807) is 0 Å². The molecule has 0 aromatic heterocycles. The minimum absolute atomic E-state index is 0.0121. The highest BCUT2D eigenvalue weighted by Gasteiger charge is 2.04. The third-order valence-electron chi connectivity index (χ3n) is 1.91. The molecule has 0 aliphatic carbocycles. The number of carbonyl (C=O) groups is 1. The Hall–Kier alpha value is -1.77. The molecule has 0 aliphatic rings. The van der Waals surface area contributed by atoms with E-state index in [2.05, 4.69) is 6.58 Å². The number of carboxylic acids is 1. The third kappa shape index (κ3) is 3.46. The third-order valence-corrected chi connectivity index (χ3v) is 1.91. The minimum Gasteiger partial charge on any atom is -0.489 e. The summed E-state index contributed by atoms with van der Waals surface area (Å²) < 4.78 is 5.31. The Labute approximate surface area is 89.0 Å². The van der Waals surface area contributed by atoms with Gasteiger partial charge in [-0.3, -0.25) is 0 Å². The van der Waals surface area contributed by atoms with Gasteiger partial charge in [-0.2, -0.15) is 0 Å². The lowest BCUT2D eigenvalue weighted by Crippen LogP contribution is -2.08. The van der Waals surface area contributed by atoms with Crippen molar-refractivity contribution < 1.29 is 14.6 Å². The predicted octanol–water partition coefficient (Wildman–Crippen LogP) is 2.32. The van der Waals surface area contributed by atoms with Gasteiger partial charge in [-0.1, -0.05) is 12.6 Å². The van der Waals surface area contributed by atoms with Crippen molar-refractivity contribution in [2.75, 3.05) is 6.61 Å². The highest BCUT2D eigenvalue weighted by atomic mass is 16.5. The Bertz CT molecular complexity index is 374. The topological polar surface area (TPSA) is 46.5 Å². The second-order valence-corrected chi connectivity index (χ2v) is 3.52. The van der Waals surface area contributed by atoms with E-state index in [9.17, 15) is 4.79 Å². The maximum absolute atomic E-state index is 10.5. The molecule has 0 saturated carbocycles. The molecule has 0 amide bonds. The molecule has 0 radical (unpaired) electrons. The Morgan fingerprint density at radius 1 is 1.33 bits per heavy atom. The first-order valence-corrected chi connectivity index (χ1v) is 4.61. The van der Waals surface area contributed by atoms with Gasteiger partial charge in [-0.15, -0.1) is 0 Å². The van der Waals surface area contributed by atoms with Crippen LogP contribution in [0.2, 0.25) is 0 Å². The number of ether oxygens (including phenoxy) is 1. The van der Waals surface area contributed by atoms with Gasteiger partial charge in [-0.05, 0) is 37.1 Å². The quantitative estimate of drug-likeness (QED) is 0.769. The smallest absolute Gasteiger partial charge is 0.334 e. The van der Waals surface area contributed by atoms with Gasteiger partial charge < -0.3 is 9.84 Å². The van der Waals surface area contributed by atoms with Gasteiger partial charge in [-0.25, -0.2) is 4.79 Å². The Kier molecular flexibility index (Phi) is 3.50. The van der Waals surface area contributed by atoms with Crippen molar-refractivity contribution in [3.05, 3.63) is 41.5 Å². The summed E-state index contributed by atoms with van der Waals surface area (Å²) >= 11 is 0. The molecule has 0 aliphatic heterocycles. The monoisotopic (exact) mass is 206 g/mol. The fraction of sp³-hybridized carbons (Fsp3) is 0.250. The lowest BCUT2D eigenvalue weighted by Gasteiger charge is -2.07. The zero-order chi connectivity index (χ0) is 11.4. The van der Waals surface area contributed by atoms with E-state index < -0.39 is 5.97 Å². The molecule has 3 heteroatoms. The van der Waals surface area contributed by atoms with Crippen molar-refractivity contribution in [1.29, 1.82) is 0 Å². The summed E-state index contributed by atoms with van der Waals surface area (Å²) in [6.45, 7) is 7.33. The molecule has 1 aromatic rings. The van der Waals surface area contributed by atoms with Crippen LogP contribution < -0.4 is 4.74 Å². The van der Waals surface area contributed by atoms with Crippen LogP contribution in [-0.2, 0) is 4.79 Å². The molecule has 0 spiro atoms. The van der Waals surface area contributed by atoms with Crippen LogP contribution in [0.4, 0.5) is 0 Å². The molecule has 0 unspecified atom stereocenters. The molecule has 80 valence electrons. The van der Waals surface area contributed by atoms with Gasteiger partial charge in [0.2, 0.25) is 0 Å². The molecular formula is C12H14O3. The average Bonchev–Trinajstić information content (AvgIpc) is 2.12. The van der Waals surface area contributed by atoms with Crippen molar-refractivity contribution in [2.24, 2.45) is 0 Å². The van der Waals surface area contributed by atoms with Crippen LogP contribution in [0.25, 0.3) is 0 Å². The number of benzene rings is 1. The first kappa shape index (κ1) is 11.3. The zero-order valence-electron chi connectivity index (χ0n) is 8.91. The Morgan fingerprint density at radius 3 is 2.33 bits per heavy atom. The Balaban J connectivity index is 2.65. The van der Waals surface area contributed by atoms with Gasteiger partial charge in [0.05, 0.1) is 5.57 Å². The first-order chi connectivity index (χ1) is 6.99. The molecular weight excluding hydrogens is 192 g/mol. The van der Waals surface area contributed by atoms with Crippen molar-refractivity contribution >= 4 is 5.97 Å². The zero-order valence-corrected chi connectivity index (χ0v) is 8.91. The fourth-order valence-electron chi connectivity index (χ4n) is 1.25. The predicted molar refractivity (Wildman–Crippen MR) is 58.2 cm³/mol. The van der Waals surface area contributed by atoms with Crippen LogP contribution in [0.1, 0.15) is 11.1 Å². The molecule has 3 nitrogen and oxygen atoms in total. The average molecular weight is 206 g/mol. The lowest BCUT2D eigenvalue weighted by molar-refractivity contribution is -0.133. The van der Waals surface area contributed by atoms with Crippen LogP contribution in [0, 0.1) is 13.8 Å². The summed E-state index contributed by atoms with van der Waals surface area (Å²) in [5.41, 5.74) is 2.23. The van der Waals surface area contributed by atoms with E-state index in [0.717, 1.165) is 11.1 Å². The number of aryl methyl sites for hydroxylation is 2.